The van der Waals surface area contributed by atoms with E-state index in [1.807, 2.05) is 12.1 Å². The summed E-state index contributed by atoms with van der Waals surface area (Å²) in [4.78, 5) is 43.4. The average molecular weight is 441 g/mol. The van der Waals surface area contributed by atoms with Crippen LogP contribution >= 0.6 is 0 Å². The van der Waals surface area contributed by atoms with Gasteiger partial charge in [-0.3, -0.25) is 19.4 Å². The molecule has 2 aliphatic heterocycles. The molecule has 0 radical (unpaired) electrons. The van der Waals surface area contributed by atoms with Gasteiger partial charge in [-0.25, -0.2) is 4.79 Å². The fraction of sp³-hybridized carbons (Fsp3) is 0.640. The van der Waals surface area contributed by atoms with Crippen molar-refractivity contribution >= 4 is 17.8 Å². The fourth-order valence-electron chi connectivity index (χ4n) is 5.46. The third-order valence-corrected chi connectivity index (χ3v) is 7.62. The molecule has 4 rings (SSSR count). The van der Waals surface area contributed by atoms with Crippen LogP contribution in [0.25, 0.3) is 0 Å². The van der Waals surface area contributed by atoms with Crippen molar-refractivity contribution in [3.05, 3.63) is 35.4 Å². The molecule has 1 saturated carbocycles. The normalized spacial score (nSPS) is 23.8. The average Bonchev–Trinajstić information content (AvgIpc) is 2.97. The molecule has 1 unspecified atom stereocenters. The molecule has 7 nitrogen and oxygen atoms in total. The first-order chi connectivity index (χ1) is 15.4. The minimum Gasteiger partial charge on any atom is -0.350 e. The number of likely N-dealkylation sites (tertiary alicyclic amines) is 1. The molecule has 2 heterocycles. The van der Waals surface area contributed by atoms with E-state index < -0.39 is 5.54 Å². The Hall–Kier alpha value is -2.41. The van der Waals surface area contributed by atoms with E-state index in [2.05, 4.69) is 29.3 Å². The van der Waals surface area contributed by atoms with Gasteiger partial charge in [0, 0.05) is 26.2 Å². The highest BCUT2D eigenvalue weighted by Crippen LogP contribution is 2.39. The first-order valence-corrected chi connectivity index (χ1v) is 12.1. The lowest BCUT2D eigenvalue weighted by Crippen LogP contribution is -2.49. The van der Waals surface area contributed by atoms with Gasteiger partial charge in [0.2, 0.25) is 5.91 Å². The maximum absolute atomic E-state index is 13.0. The number of hydrogen-bond donors (Lipinski definition) is 1. The molecule has 0 aromatic heterocycles. The largest absolute Gasteiger partial charge is 0.350 e. The second kappa shape index (κ2) is 9.61. The molecule has 1 aromatic rings. The lowest BCUT2D eigenvalue weighted by Gasteiger charge is -2.35. The first-order valence-electron chi connectivity index (χ1n) is 12.1. The van der Waals surface area contributed by atoms with Crippen molar-refractivity contribution in [1.82, 2.24) is 20.0 Å². The van der Waals surface area contributed by atoms with Gasteiger partial charge < -0.3 is 10.2 Å². The van der Waals surface area contributed by atoms with E-state index in [0.29, 0.717) is 25.4 Å². The lowest BCUT2D eigenvalue weighted by molar-refractivity contribution is -0.137. The molecule has 2 saturated heterocycles. The SMILES string of the molecule is CC1CCCCN1Cc1ccc(CNC(=O)CN2C(=O)N(C)C3(CCCCC3)C2=O)cc1. The van der Waals surface area contributed by atoms with Crippen LogP contribution in [0.1, 0.15) is 69.4 Å². The summed E-state index contributed by atoms with van der Waals surface area (Å²) in [6, 6.07) is 8.60. The van der Waals surface area contributed by atoms with Crippen LogP contribution in [0.2, 0.25) is 0 Å². The van der Waals surface area contributed by atoms with Crippen molar-refractivity contribution in [2.24, 2.45) is 0 Å². The first kappa shape index (κ1) is 22.8. The van der Waals surface area contributed by atoms with Crippen LogP contribution in [-0.2, 0) is 22.7 Å². The van der Waals surface area contributed by atoms with Gasteiger partial charge in [-0.05, 0) is 50.3 Å². The zero-order chi connectivity index (χ0) is 22.7. The molecule has 1 aromatic carbocycles. The van der Waals surface area contributed by atoms with Crippen molar-refractivity contribution in [1.29, 1.82) is 0 Å². The van der Waals surface area contributed by atoms with Crippen LogP contribution in [0.4, 0.5) is 4.79 Å². The number of hydrogen-bond acceptors (Lipinski definition) is 4. The predicted octanol–water partition coefficient (Wildman–Crippen LogP) is 3.27. The Bertz CT molecular complexity index is 847. The standard InChI is InChI=1S/C25H36N4O3/c1-19-8-4-7-15-28(19)17-21-11-9-20(10-12-21)16-26-22(30)18-29-23(31)25(27(2)24(29)32)13-5-3-6-14-25/h9-12,19H,3-8,13-18H2,1-2H3,(H,26,30). The van der Waals surface area contributed by atoms with Crippen LogP contribution in [0.5, 0.6) is 0 Å². The van der Waals surface area contributed by atoms with Crippen molar-refractivity contribution < 1.29 is 14.4 Å². The highest BCUT2D eigenvalue weighted by atomic mass is 16.2. The molecule has 174 valence electrons. The third kappa shape index (κ3) is 4.53. The highest BCUT2D eigenvalue weighted by Gasteiger charge is 2.55. The molecule has 1 atom stereocenters. The van der Waals surface area contributed by atoms with E-state index in [4.69, 9.17) is 0 Å². The Morgan fingerprint density at radius 2 is 1.72 bits per heavy atom. The van der Waals surface area contributed by atoms with E-state index >= 15 is 0 Å². The smallest absolute Gasteiger partial charge is 0.327 e. The highest BCUT2D eigenvalue weighted by molar-refractivity contribution is 6.08. The molecule has 32 heavy (non-hydrogen) atoms. The van der Waals surface area contributed by atoms with E-state index in [1.54, 1.807) is 11.9 Å². The van der Waals surface area contributed by atoms with E-state index in [-0.39, 0.29) is 24.4 Å². The number of carbonyl (C=O) groups is 3. The molecule has 4 amide bonds. The van der Waals surface area contributed by atoms with Crippen LogP contribution in [0.3, 0.4) is 0 Å². The fourth-order valence-corrected chi connectivity index (χ4v) is 5.46. The molecule has 1 aliphatic carbocycles. The van der Waals surface area contributed by atoms with Gasteiger partial charge in [0.25, 0.3) is 5.91 Å². The van der Waals surface area contributed by atoms with Crippen molar-refractivity contribution in [3.8, 4) is 0 Å². The Kier molecular flexibility index (Phi) is 6.84. The summed E-state index contributed by atoms with van der Waals surface area (Å²) in [6.45, 7) is 4.59. The number of piperidine rings is 1. The molecule has 3 fully saturated rings. The summed E-state index contributed by atoms with van der Waals surface area (Å²) in [5.74, 6) is -0.518. The quantitative estimate of drug-likeness (QED) is 0.689. The number of benzene rings is 1. The summed E-state index contributed by atoms with van der Waals surface area (Å²) < 4.78 is 0. The Morgan fingerprint density at radius 1 is 1.03 bits per heavy atom. The number of likely N-dealkylation sites (N-methyl/N-ethyl adjacent to an activating group) is 1. The van der Waals surface area contributed by atoms with Crippen molar-refractivity contribution in [2.75, 3.05) is 20.1 Å². The number of amides is 4. The predicted molar refractivity (Wildman–Crippen MR) is 123 cm³/mol. The molecule has 3 aliphatic rings. The number of carbonyl (C=O) groups excluding carboxylic acids is 3. The number of nitrogens with one attached hydrogen (secondary N) is 1. The molecule has 1 N–H and O–H groups in total. The maximum atomic E-state index is 13.0. The van der Waals surface area contributed by atoms with Gasteiger partial charge in [-0.1, -0.05) is 49.9 Å². The van der Waals surface area contributed by atoms with Gasteiger partial charge >= 0.3 is 6.03 Å². The van der Waals surface area contributed by atoms with Crippen LogP contribution in [0, 0.1) is 0 Å². The Labute approximate surface area is 191 Å². The van der Waals surface area contributed by atoms with Gasteiger partial charge in [0.15, 0.2) is 0 Å². The molecule has 7 heteroatoms. The summed E-state index contributed by atoms with van der Waals surface area (Å²) in [5.41, 5.74) is 1.55. The van der Waals surface area contributed by atoms with Crippen LogP contribution in [-0.4, -0.2) is 64.3 Å². The molecular formula is C25H36N4O3. The molecular weight excluding hydrogens is 404 g/mol. The summed E-state index contributed by atoms with van der Waals surface area (Å²) in [5, 5.41) is 2.87. The second-order valence-electron chi connectivity index (χ2n) is 9.73. The second-order valence-corrected chi connectivity index (χ2v) is 9.73. The number of imide groups is 1. The van der Waals surface area contributed by atoms with Crippen LogP contribution in [0.15, 0.2) is 24.3 Å². The number of rotatable bonds is 6. The topological polar surface area (TPSA) is 73.0 Å². The van der Waals surface area contributed by atoms with Gasteiger partial charge in [0.05, 0.1) is 0 Å². The molecule has 0 bridgehead atoms. The Morgan fingerprint density at radius 3 is 2.41 bits per heavy atom. The van der Waals surface area contributed by atoms with Crippen molar-refractivity contribution in [2.45, 2.75) is 83.0 Å². The lowest BCUT2D eigenvalue weighted by atomic mass is 9.81. The van der Waals surface area contributed by atoms with Crippen molar-refractivity contribution in [3.63, 3.8) is 0 Å². The number of nitrogens with zero attached hydrogens (tertiary/aromatic N) is 3. The monoisotopic (exact) mass is 440 g/mol. The van der Waals surface area contributed by atoms with Gasteiger partial charge in [-0.15, -0.1) is 0 Å². The third-order valence-electron chi connectivity index (χ3n) is 7.62. The zero-order valence-corrected chi connectivity index (χ0v) is 19.4. The molecule has 1 spiro atoms. The van der Waals surface area contributed by atoms with Gasteiger partial charge in [0.1, 0.15) is 12.1 Å². The Balaban J connectivity index is 1.28. The van der Waals surface area contributed by atoms with Crippen LogP contribution < -0.4 is 5.32 Å². The van der Waals surface area contributed by atoms with E-state index in [0.717, 1.165) is 42.8 Å². The van der Waals surface area contributed by atoms with E-state index in [1.165, 1.54) is 24.8 Å². The summed E-state index contributed by atoms with van der Waals surface area (Å²) >= 11 is 0. The number of urea groups is 1. The summed E-state index contributed by atoms with van der Waals surface area (Å²) in [6.07, 6.45) is 8.21. The minimum absolute atomic E-state index is 0.212. The van der Waals surface area contributed by atoms with E-state index in [9.17, 15) is 14.4 Å². The maximum Gasteiger partial charge on any atom is 0.327 e. The summed E-state index contributed by atoms with van der Waals surface area (Å²) in [7, 11) is 1.69. The minimum atomic E-state index is -0.739. The zero-order valence-electron chi connectivity index (χ0n) is 19.4. The van der Waals surface area contributed by atoms with Gasteiger partial charge in [-0.2, -0.15) is 0 Å².